The molecule has 130 valence electrons. The van der Waals surface area contributed by atoms with Crippen LogP contribution in [0.1, 0.15) is 20.9 Å². The number of azo groups is 1. The first-order chi connectivity index (χ1) is 12.6. The number of benzene rings is 2. The summed E-state index contributed by atoms with van der Waals surface area (Å²) >= 11 is 0. The van der Waals surface area contributed by atoms with Crippen molar-refractivity contribution in [3.8, 4) is 5.75 Å². The lowest BCUT2D eigenvalue weighted by Gasteiger charge is -2.05. The first-order valence-corrected chi connectivity index (χ1v) is 7.48. The molecule has 0 unspecified atom stereocenters. The molecule has 8 nitrogen and oxygen atoms in total. The van der Waals surface area contributed by atoms with Gasteiger partial charge in [0, 0.05) is 5.56 Å². The Labute approximate surface area is 147 Å². The van der Waals surface area contributed by atoms with E-state index < -0.39 is 11.9 Å². The van der Waals surface area contributed by atoms with E-state index in [1.54, 1.807) is 30.3 Å². The highest BCUT2D eigenvalue weighted by atomic mass is 16.7. The minimum Gasteiger partial charge on any atom is -0.508 e. The van der Waals surface area contributed by atoms with Crippen molar-refractivity contribution in [2.45, 2.75) is 0 Å². The van der Waals surface area contributed by atoms with Crippen molar-refractivity contribution in [1.82, 2.24) is 0 Å². The topological polar surface area (TPSA) is 113 Å². The number of phenolic OH excluding ortho intramolecular Hbond substituents is 1. The maximum absolute atomic E-state index is 11.9. The third-order valence-electron chi connectivity index (χ3n) is 3.22. The van der Waals surface area contributed by atoms with E-state index in [2.05, 4.69) is 15.7 Å². The van der Waals surface area contributed by atoms with Gasteiger partial charge in [-0.25, -0.2) is 10.3 Å². The van der Waals surface area contributed by atoms with Crippen LogP contribution in [-0.4, -0.2) is 17.0 Å². The van der Waals surface area contributed by atoms with Crippen LogP contribution in [0.3, 0.4) is 0 Å². The van der Waals surface area contributed by atoms with Gasteiger partial charge in [0.1, 0.15) is 5.75 Å². The second-order valence-electron chi connectivity index (χ2n) is 5.07. The zero-order valence-electron chi connectivity index (χ0n) is 13.3. The summed E-state index contributed by atoms with van der Waals surface area (Å²) in [7, 11) is 0. The highest BCUT2D eigenvalue weighted by Gasteiger charge is 2.10. The van der Waals surface area contributed by atoms with Crippen molar-refractivity contribution in [3.63, 3.8) is 0 Å². The summed E-state index contributed by atoms with van der Waals surface area (Å²) in [5.41, 5.74) is 3.75. The first kappa shape index (κ1) is 16.9. The van der Waals surface area contributed by atoms with Crippen LogP contribution < -0.4 is 5.48 Å². The molecule has 0 bridgehead atoms. The molecule has 3 rings (SSSR count). The monoisotopic (exact) mass is 351 g/mol. The normalized spacial score (nSPS) is 10.6. The molecule has 0 radical (unpaired) electrons. The molecule has 0 saturated carbocycles. The number of phenols is 1. The summed E-state index contributed by atoms with van der Waals surface area (Å²) in [6, 6.07) is 15.2. The lowest BCUT2D eigenvalue weighted by Crippen LogP contribution is -2.09. The Balaban J connectivity index is 1.56. The van der Waals surface area contributed by atoms with E-state index in [1.165, 1.54) is 36.6 Å². The summed E-state index contributed by atoms with van der Waals surface area (Å²) < 4.78 is 4.91. The number of carbonyl (C=O) groups excluding carboxylic acids is 2. The average Bonchev–Trinajstić information content (AvgIpc) is 3.20. The Morgan fingerprint density at radius 2 is 1.73 bits per heavy atom. The molecule has 0 aliphatic carbocycles. The van der Waals surface area contributed by atoms with Gasteiger partial charge in [-0.15, -0.1) is 10.2 Å². The third kappa shape index (κ3) is 4.32. The summed E-state index contributed by atoms with van der Waals surface area (Å²) in [5, 5.41) is 16.7. The number of aromatic hydroxyl groups is 1. The quantitative estimate of drug-likeness (QED) is 0.528. The number of amides is 1. The van der Waals surface area contributed by atoms with Crippen LogP contribution in [0.15, 0.2) is 81.6 Å². The Morgan fingerprint density at radius 1 is 1.00 bits per heavy atom. The fourth-order valence-electron chi connectivity index (χ4n) is 1.91. The van der Waals surface area contributed by atoms with Crippen molar-refractivity contribution in [3.05, 3.63) is 78.3 Å². The highest BCUT2D eigenvalue weighted by molar-refractivity contribution is 5.94. The first-order valence-electron chi connectivity index (χ1n) is 7.48. The zero-order chi connectivity index (χ0) is 18.4. The van der Waals surface area contributed by atoms with Gasteiger partial charge in [0.25, 0.3) is 5.91 Å². The van der Waals surface area contributed by atoms with Crippen molar-refractivity contribution in [2.75, 3.05) is 5.48 Å². The van der Waals surface area contributed by atoms with Gasteiger partial charge in [0.15, 0.2) is 0 Å². The van der Waals surface area contributed by atoms with E-state index >= 15 is 0 Å². The Kier molecular flexibility index (Phi) is 5.04. The number of rotatable bonds is 5. The van der Waals surface area contributed by atoms with Crippen molar-refractivity contribution in [1.29, 1.82) is 0 Å². The van der Waals surface area contributed by atoms with Gasteiger partial charge >= 0.3 is 5.97 Å². The van der Waals surface area contributed by atoms with Crippen LogP contribution in [0.4, 0.5) is 11.4 Å². The Morgan fingerprint density at radius 3 is 2.38 bits per heavy atom. The number of carbonyl (C=O) groups is 2. The zero-order valence-corrected chi connectivity index (χ0v) is 13.3. The third-order valence-corrected chi connectivity index (χ3v) is 3.22. The molecule has 1 heterocycles. The molecule has 0 atom stereocenters. The van der Waals surface area contributed by atoms with Crippen molar-refractivity contribution in [2.24, 2.45) is 10.2 Å². The molecule has 0 aliphatic heterocycles. The molecule has 1 aromatic heterocycles. The Bertz CT molecular complexity index is 916. The van der Waals surface area contributed by atoms with Gasteiger partial charge < -0.3 is 14.4 Å². The minimum atomic E-state index is -0.654. The summed E-state index contributed by atoms with van der Waals surface area (Å²) in [4.78, 5) is 28.3. The fourth-order valence-corrected chi connectivity index (χ4v) is 1.91. The molecular weight excluding hydrogens is 338 g/mol. The van der Waals surface area contributed by atoms with E-state index in [1.807, 2.05) is 0 Å². The predicted octanol–water partition coefficient (Wildman–Crippen LogP) is 4.09. The van der Waals surface area contributed by atoms with Gasteiger partial charge in [-0.2, -0.15) is 0 Å². The molecule has 0 fully saturated rings. The summed E-state index contributed by atoms with van der Waals surface area (Å²) in [5.74, 6) is -1.04. The van der Waals surface area contributed by atoms with Crippen LogP contribution in [0.25, 0.3) is 0 Å². The molecule has 0 spiro atoms. The predicted molar refractivity (Wildman–Crippen MR) is 91.1 cm³/mol. The lowest BCUT2D eigenvalue weighted by atomic mass is 10.2. The lowest BCUT2D eigenvalue weighted by molar-refractivity contribution is 0.0560. The maximum atomic E-state index is 11.9. The van der Waals surface area contributed by atoms with Crippen molar-refractivity contribution < 1.29 is 24.0 Å². The standard InChI is InChI=1S/C18H13N3O5/c22-15-9-3-12(4-10-15)17(23)20-19-13-5-7-14(8-6-13)21-26-18(24)16-2-1-11-25-16/h1-11,21-22H. The Hall–Kier alpha value is -3.94. The van der Waals surface area contributed by atoms with E-state index in [0.29, 0.717) is 16.9 Å². The number of furan rings is 1. The smallest absolute Gasteiger partial charge is 0.398 e. The number of anilines is 1. The SMILES string of the molecule is O=C(N=Nc1ccc(NOC(=O)c2ccco2)cc1)c1ccc(O)cc1. The fraction of sp³-hybridized carbons (Fsp3) is 0. The number of nitrogens with one attached hydrogen (secondary N) is 1. The summed E-state index contributed by atoms with van der Waals surface area (Å²) in [6.45, 7) is 0. The maximum Gasteiger partial charge on any atom is 0.398 e. The van der Waals surface area contributed by atoms with E-state index in [4.69, 9.17) is 9.25 Å². The van der Waals surface area contributed by atoms with Crippen LogP contribution in [0.2, 0.25) is 0 Å². The molecule has 3 aromatic rings. The molecule has 2 aromatic carbocycles. The largest absolute Gasteiger partial charge is 0.508 e. The van der Waals surface area contributed by atoms with Gasteiger partial charge in [-0.3, -0.25) is 4.79 Å². The van der Waals surface area contributed by atoms with Crippen molar-refractivity contribution >= 4 is 23.3 Å². The van der Waals surface area contributed by atoms with Gasteiger partial charge in [-0.1, -0.05) is 0 Å². The van der Waals surface area contributed by atoms with Gasteiger partial charge in [0.2, 0.25) is 5.76 Å². The van der Waals surface area contributed by atoms with Crippen LogP contribution in [0.5, 0.6) is 5.75 Å². The van der Waals surface area contributed by atoms with E-state index in [-0.39, 0.29) is 11.5 Å². The van der Waals surface area contributed by atoms with E-state index in [9.17, 15) is 14.7 Å². The molecule has 2 N–H and O–H groups in total. The van der Waals surface area contributed by atoms with Crippen LogP contribution in [-0.2, 0) is 4.84 Å². The van der Waals surface area contributed by atoms with Gasteiger partial charge in [0.05, 0.1) is 17.6 Å². The van der Waals surface area contributed by atoms with Crippen LogP contribution >= 0.6 is 0 Å². The molecule has 1 amide bonds. The number of nitrogens with zero attached hydrogens (tertiary/aromatic N) is 2. The molecule has 0 saturated heterocycles. The molecule has 26 heavy (non-hydrogen) atoms. The summed E-state index contributed by atoms with van der Waals surface area (Å²) in [6.07, 6.45) is 1.37. The highest BCUT2D eigenvalue weighted by Crippen LogP contribution is 2.18. The van der Waals surface area contributed by atoms with Gasteiger partial charge in [-0.05, 0) is 60.7 Å². The molecular formula is C18H13N3O5. The second-order valence-corrected chi connectivity index (χ2v) is 5.07. The number of hydrogen-bond acceptors (Lipinski definition) is 7. The van der Waals surface area contributed by atoms with E-state index in [0.717, 1.165) is 0 Å². The average molecular weight is 351 g/mol. The minimum absolute atomic E-state index is 0.0642. The molecule has 0 aliphatic rings. The second kappa shape index (κ2) is 7.75. The molecule has 8 heteroatoms. The number of hydrogen-bond donors (Lipinski definition) is 2. The van der Waals surface area contributed by atoms with Crippen LogP contribution in [0, 0.1) is 0 Å².